The summed E-state index contributed by atoms with van der Waals surface area (Å²) in [6, 6.07) is 0. The number of Topliss-reactive ketones (excluding diaryl/α,β-unsaturated/α-hetero) is 1. The Morgan fingerprint density at radius 2 is 1.60 bits per heavy atom. The van der Waals surface area contributed by atoms with Crippen LogP contribution in [0.15, 0.2) is 60.8 Å². The van der Waals surface area contributed by atoms with Crippen molar-refractivity contribution in [2.45, 2.75) is 6.42 Å². The molecule has 0 atom stereocenters. The van der Waals surface area contributed by atoms with E-state index in [4.69, 9.17) is 0 Å². The molecule has 0 unspecified atom stereocenters. The Kier molecular flexibility index (Phi) is 3.13. The van der Waals surface area contributed by atoms with Gasteiger partial charge in [0.2, 0.25) is 0 Å². The molecule has 2 aliphatic rings. The second kappa shape index (κ2) is 4.74. The summed E-state index contributed by atoms with van der Waals surface area (Å²) < 4.78 is 0. The van der Waals surface area contributed by atoms with Crippen LogP contribution in [0.2, 0.25) is 0 Å². The van der Waals surface area contributed by atoms with Gasteiger partial charge in [0.05, 0.1) is 5.92 Å². The number of carbonyl (C=O) groups excluding carboxylic acids is 1. The molecule has 0 bridgehead atoms. The van der Waals surface area contributed by atoms with Gasteiger partial charge < -0.3 is 0 Å². The van der Waals surface area contributed by atoms with Gasteiger partial charge in [-0.3, -0.25) is 4.79 Å². The topological polar surface area (TPSA) is 17.1 Å². The van der Waals surface area contributed by atoms with Gasteiger partial charge in [0.25, 0.3) is 0 Å². The molecule has 0 saturated heterocycles. The maximum absolute atomic E-state index is 11.6. The Morgan fingerprint density at radius 1 is 1.00 bits per heavy atom. The van der Waals surface area contributed by atoms with Crippen molar-refractivity contribution in [3.63, 3.8) is 0 Å². The lowest BCUT2D eigenvalue weighted by molar-refractivity contribution is -0.119. The number of rotatable bonds is 4. The first kappa shape index (κ1) is 9.91. The van der Waals surface area contributed by atoms with Crippen molar-refractivity contribution in [3.05, 3.63) is 60.8 Å². The predicted octanol–water partition coefficient (Wildman–Crippen LogP) is 2.99. The average molecular weight is 198 g/mol. The number of hydrogen-bond acceptors (Lipinski definition) is 1. The van der Waals surface area contributed by atoms with Crippen molar-refractivity contribution < 1.29 is 4.79 Å². The molecule has 0 aromatic heterocycles. The van der Waals surface area contributed by atoms with E-state index in [0.29, 0.717) is 12.3 Å². The van der Waals surface area contributed by atoms with Gasteiger partial charge in [-0.05, 0) is 0 Å². The summed E-state index contributed by atoms with van der Waals surface area (Å²) in [5.41, 5.74) is 0. The van der Waals surface area contributed by atoms with Crippen LogP contribution < -0.4 is 0 Å². The molecule has 0 radical (unpaired) electrons. The largest absolute Gasteiger partial charge is 0.298 e. The normalized spacial score (nSPS) is 20.0. The highest BCUT2D eigenvalue weighted by Gasteiger charge is 2.12. The van der Waals surface area contributed by atoms with E-state index in [1.54, 1.807) is 0 Å². The zero-order valence-electron chi connectivity index (χ0n) is 8.54. The number of ketones is 1. The van der Waals surface area contributed by atoms with Crippen molar-refractivity contribution >= 4 is 5.78 Å². The zero-order valence-corrected chi connectivity index (χ0v) is 8.54. The quantitative estimate of drug-likeness (QED) is 0.635. The fourth-order valence-corrected chi connectivity index (χ4v) is 1.70. The predicted molar refractivity (Wildman–Crippen MR) is 62.3 cm³/mol. The Morgan fingerprint density at radius 3 is 2.27 bits per heavy atom. The minimum Gasteiger partial charge on any atom is -0.298 e. The molecule has 0 aromatic carbocycles. The van der Waals surface area contributed by atoms with Crippen molar-refractivity contribution in [1.29, 1.82) is 0 Å². The molecule has 0 amide bonds. The Hall–Kier alpha value is -1.63. The maximum Gasteiger partial charge on any atom is 0.147 e. The van der Waals surface area contributed by atoms with Crippen LogP contribution in [0.5, 0.6) is 0 Å². The molecule has 2 rings (SSSR count). The van der Waals surface area contributed by atoms with E-state index in [1.165, 1.54) is 0 Å². The summed E-state index contributed by atoms with van der Waals surface area (Å²) in [7, 11) is 0. The second-order valence-electron chi connectivity index (χ2n) is 3.74. The lowest BCUT2D eigenvalue weighted by Gasteiger charge is -2.01. The average Bonchev–Trinajstić information content (AvgIpc) is 2.90. The molecule has 1 heteroatoms. The van der Waals surface area contributed by atoms with Crippen LogP contribution in [-0.2, 0) is 4.79 Å². The summed E-state index contributed by atoms with van der Waals surface area (Å²) in [5.74, 6) is 0.652. The third-order valence-corrected chi connectivity index (χ3v) is 2.57. The Balaban J connectivity index is 1.80. The molecular weight excluding hydrogens is 184 g/mol. The van der Waals surface area contributed by atoms with Gasteiger partial charge >= 0.3 is 0 Å². The van der Waals surface area contributed by atoms with Gasteiger partial charge in [0.15, 0.2) is 0 Å². The van der Waals surface area contributed by atoms with Crippen LogP contribution in [0.3, 0.4) is 0 Å². The molecule has 0 heterocycles. The number of hydrogen-bond donors (Lipinski definition) is 0. The molecule has 0 N–H and O–H groups in total. The highest BCUT2D eigenvalue weighted by molar-refractivity contribution is 5.86. The van der Waals surface area contributed by atoms with Gasteiger partial charge in [-0.15, -0.1) is 0 Å². The van der Waals surface area contributed by atoms with Gasteiger partial charge in [-0.1, -0.05) is 60.8 Å². The van der Waals surface area contributed by atoms with E-state index in [1.807, 2.05) is 42.5 Å². The fourth-order valence-electron chi connectivity index (χ4n) is 1.70. The molecule has 0 aliphatic heterocycles. The molecule has 2 aliphatic carbocycles. The van der Waals surface area contributed by atoms with Crippen LogP contribution in [0.25, 0.3) is 0 Å². The molecule has 0 aromatic rings. The molecule has 0 spiro atoms. The first-order valence-electron chi connectivity index (χ1n) is 5.25. The molecular formula is C14H14O. The van der Waals surface area contributed by atoms with Crippen LogP contribution in [0, 0.1) is 11.8 Å². The molecule has 0 saturated carbocycles. The summed E-state index contributed by atoms with van der Waals surface area (Å²) in [5, 5.41) is 0. The van der Waals surface area contributed by atoms with E-state index in [2.05, 4.69) is 18.2 Å². The van der Waals surface area contributed by atoms with Crippen LogP contribution in [0.1, 0.15) is 6.42 Å². The Labute approximate surface area is 90.2 Å². The van der Waals surface area contributed by atoms with E-state index in [-0.39, 0.29) is 11.7 Å². The number of carbonyl (C=O) groups is 1. The van der Waals surface area contributed by atoms with Gasteiger partial charge in [-0.2, -0.15) is 0 Å². The standard InChI is InChI=1S/C14H14O/c15-14(13-9-3-4-10-13)11-5-8-12-6-1-2-7-12/h1-10,12-13H,11H2/b8-5+. The maximum atomic E-state index is 11.6. The number of allylic oxidation sites excluding steroid dienone is 10. The van der Waals surface area contributed by atoms with Crippen molar-refractivity contribution in [1.82, 2.24) is 0 Å². The first-order valence-corrected chi connectivity index (χ1v) is 5.25. The summed E-state index contributed by atoms with van der Waals surface area (Å²) in [6.45, 7) is 0. The summed E-state index contributed by atoms with van der Waals surface area (Å²) >= 11 is 0. The first-order chi connectivity index (χ1) is 7.36. The van der Waals surface area contributed by atoms with Crippen LogP contribution >= 0.6 is 0 Å². The highest BCUT2D eigenvalue weighted by atomic mass is 16.1. The zero-order chi connectivity index (χ0) is 10.5. The molecule has 76 valence electrons. The second-order valence-corrected chi connectivity index (χ2v) is 3.74. The smallest absolute Gasteiger partial charge is 0.147 e. The SMILES string of the molecule is O=C(C/C=C/C1C=CC=C1)C1C=CC=C1. The van der Waals surface area contributed by atoms with Crippen LogP contribution in [-0.4, -0.2) is 5.78 Å². The monoisotopic (exact) mass is 198 g/mol. The fraction of sp³-hybridized carbons (Fsp3) is 0.214. The minimum atomic E-state index is 0.00399. The van der Waals surface area contributed by atoms with E-state index in [0.717, 1.165) is 0 Å². The van der Waals surface area contributed by atoms with Crippen molar-refractivity contribution in [2.24, 2.45) is 11.8 Å². The van der Waals surface area contributed by atoms with Crippen LogP contribution in [0.4, 0.5) is 0 Å². The minimum absolute atomic E-state index is 0.00399. The lowest BCUT2D eigenvalue weighted by atomic mass is 10.0. The Bertz CT molecular complexity index is 356. The third kappa shape index (κ3) is 2.66. The molecule has 1 nitrogen and oxygen atoms in total. The van der Waals surface area contributed by atoms with Gasteiger partial charge in [0.1, 0.15) is 5.78 Å². The van der Waals surface area contributed by atoms with E-state index < -0.39 is 0 Å². The van der Waals surface area contributed by atoms with Gasteiger partial charge in [0, 0.05) is 12.3 Å². The molecule has 15 heavy (non-hydrogen) atoms. The molecule has 0 fully saturated rings. The van der Waals surface area contributed by atoms with Crippen molar-refractivity contribution in [2.75, 3.05) is 0 Å². The summed E-state index contributed by atoms with van der Waals surface area (Å²) in [4.78, 5) is 11.6. The lowest BCUT2D eigenvalue weighted by Crippen LogP contribution is -2.06. The van der Waals surface area contributed by atoms with Crippen molar-refractivity contribution in [3.8, 4) is 0 Å². The summed E-state index contributed by atoms with van der Waals surface area (Å²) in [6.07, 6.45) is 20.6. The highest BCUT2D eigenvalue weighted by Crippen LogP contribution is 2.14. The third-order valence-electron chi connectivity index (χ3n) is 2.57. The van der Waals surface area contributed by atoms with Gasteiger partial charge in [-0.25, -0.2) is 0 Å². The van der Waals surface area contributed by atoms with E-state index >= 15 is 0 Å². The van der Waals surface area contributed by atoms with E-state index in [9.17, 15) is 4.79 Å².